The molecule has 5 heterocycles. The van der Waals surface area contributed by atoms with Gasteiger partial charge in [-0.1, -0.05) is 33.8 Å². The molecule has 2 fully saturated rings. The standard InChI is InChI=1S/C32H41N5O/c1-7-32(6,17-38)16-37-24-9-10-25(37)13-23(12-24)22-8-11-28-26(14-22)29(19(2)3)30(34-28)27-15-36-18-33-35-31(36)21(5)20(27)4/h8,11,14-15,17-19,23-25,34H,7,9-10,12-13,16H2,1-6H3/t23?,24-,25+,32?. The molecule has 0 aliphatic carbocycles. The molecule has 0 amide bonds. The second kappa shape index (κ2) is 9.33. The quantitative estimate of drug-likeness (QED) is 0.273. The third kappa shape index (κ3) is 4.00. The number of aromatic amines is 1. The molecule has 2 unspecified atom stereocenters. The van der Waals surface area contributed by atoms with Gasteiger partial charge < -0.3 is 9.78 Å². The van der Waals surface area contributed by atoms with E-state index in [0.29, 0.717) is 23.9 Å². The van der Waals surface area contributed by atoms with Crippen molar-refractivity contribution >= 4 is 22.8 Å². The number of carbonyl (C=O) groups is 1. The Morgan fingerprint density at radius 1 is 1.16 bits per heavy atom. The molecule has 2 aliphatic rings. The first-order valence-electron chi connectivity index (χ1n) is 14.4. The smallest absolute Gasteiger partial charge is 0.163 e. The number of nitrogens with zero attached hydrogens (tertiary/aromatic N) is 4. The zero-order valence-electron chi connectivity index (χ0n) is 23.7. The summed E-state index contributed by atoms with van der Waals surface area (Å²) in [7, 11) is 0. The van der Waals surface area contributed by atoms with Gasteiger partial charge >= 0.3 is 0 Å². The Balaban J connectivity index is 1.36. The minimum absolute atomic E-state index is 0.230. The molecule has 2 saturated heterocycles. The van der Waals surface area contributed by atoms with Crippen molar-refractivity contribution in [3.8, 4) is 11.3 Å². The molecule has 38 heavy (non-hydrogen) atoms. The van der Waals surface area contributed by atoms with Crippen LogP contribution in [0.15, 0.2) is 30.7 Å². The average Bonchev–Trinajstić information content (AvgIpc) is 3.59. The van der Waals surface area contributed by atoms with Crippen molar-refractivity contribution in [2.24, 2.45) is 5.41 Å². The van der Waals surface area contributed by atoms with E-state index < -0.39 is 0 Å². The number of carbonyl (C=O) groups excluding carboxylic acids is 1. The molecular weight excluding hydrogens is 470 g/mol. The molecule has 3 aromatic heterocycles. The zero-order valence-corrected chi connectivity index (χ0v) is 23.7. The molecule has 200 valence electrons. The maximum atomic E-state index is 11.8. The minimum atomic E-state index is -0.230. The van der Waals surface area contributed by atoms with Gasteiger partial charge in [-0.2, -0.15) is 0 Å². The molecule has 6 nitrogen and oxygen atoms in total. The van der Waals surface area contributed by atoms with E-state index in [1.807, 2.05) is 4.40 Å². The number of hydrogen-bond donors (Lipinski definition) is 1. The second-order valence-electron chi connectivity index (χ2n) is 12.6. The Morgan fingerprint density at radius 2 is 1.89 bits per heavy atom. The van der Waals surface area contributed by atoms with Crippen molar-refractivity contribution in [3.05, 3.63) is 53.0 Å². The molecule has 2 bridgehead atoms. The molecule has 6 heteroatoms. The Kier molecular flexibility index (Phi) is 6.21. The van der Waals surface area contributed by atoms with Gasteiger partial charge in [0.15, 0.2) is 5.65 Å². The summed E-state index contributed by atoms with van der Waals surface area (Å²) in [5.74, 6) is 0.964. The van der Waals surface area contributed by atoms with Gasteiger partial charge in [-0.15, -0.1) is 10.2 Å². The van der Waals surface area contributed by atoms with Gasteiger partial charge in [-0.05, 0) is 92.2 Å². The van der Waals surface area contributed by atoms with E-state index in [-0.39, 0.29) is 5.41 Å². The van der Waals surface area contributed by atoms with Crippen LogP contribution in [0.5, 0.6) is 0 Å². The minimum Gasteiger partial charge on any atom is -0.354 e. The van der Waals surface area contributed by atoms with Crippen LogP contribution in [0, 0.1) is 19.3 Å². The van der Waals surface area contributed by atoms with Crippen LogP contribution in [0.3, 0.4) is 0 Å². The third-order valence-electron chi connectivity index (χ3n) is 9.84. The largest absolute Gasteiger partial charge is 0.354 e. The summed E-state index contributed by atoms with van der Waals surface area (Å²) in [5, 5.41) is 9.80. The van der Waals surface area contributed by atoms with Crippen molar-refractivity contribution in [2.45, 2.75) is 97.6 Å². The predicted molar refractivity (Wildman–Crippen MR) is 154 cm³/mol. The van der Waals surface area contributed by atoms with Gasteiger partial charge in [0.2, 0.25) is 0 Å². The Hall–Kier alpha value is -2.99. The Morgan fingerprint density at radius 3 is 2.55 bits per heavy atom. The fourth-order valence-electron chi connectivity index (χ4n) is 7.21. The van der Waals surface area contributed by atoms with E-state index in [2.05, 4.69) is 86.0 Å². The molecule has 1 N–H and O–H groups in total. The number of nitrogens with one attached hydrogen (secondary N) is 1. The fraction of sp³-hybridized carbons (Fsp3) is 0.531. The molecule has 2 aliphatic heterocycles. The van der Waals surface area contributed by atoms with E-state index in [0.717, 1.165) is 18.6 Å². The summed E-state index contributed by atoms with van der Waals surface area (Å²) >= 11 is 0. The number of fused-ring (bicyclic) bond motifs is 4. The molecule has 0 radical (unpaired) electrons. The number of aldehydes is 1. The van der Waals surface area contributed by atoms with E-state index >= 15 is 0 Å². The van der Waals surface area contributed by atoms with Gasteiger partial charge in [0.25, 0.3) is 0 Å². The second-order valence-corrected chi connectivity index (χ2v) is 12.6. The van der Waals surface area contributed by atoms with Crippen LogP contribution < -0.4 is 0 Å². The van der Waals surface area contributed by atoms with Crippen molar-refractivity contribution in [2.75, 3.05) is 6.54 Å². The third-order valence-corrected chi connectivity index (χ3v) is 9.84. The maximum absolute atomic E-state index is 11.8. The molecule has 4 aromatic rings. The monoisotopic (exact) mass is 511 g/mol. The van der Waals surface area contributed by atoms with Crippen molar-refractivity contribution in [3.63, 3.8) is 0 Å². The first-order chi connectivity index (χ1) is 18.2. The molecule has 0 spiro atoms. The number of aromatic nitrogens is 4. The molecule has 0 saturated carbocycles. The van der Waals surface area contributed by atoms with Crippen LogP contribution in [-0.4, -0.2) is 49.4 Å². The first-order valence-corrected chi connectivity index (χ1v) is 14.4. The van der Waals surface area contributed by atoms with Gasteiger partial charge in [0, 0.05) is 46.7 Å². The van der Waals surface area contributed by atoms with Crippen LogP contribution >= 0.6 is 0 Å². The Bertz CT molecular complexity index is 1500. The maximum Gasteiger partial charge on any atom is 0.163 e. The topological polar surface area (TPSA) is 66.3 Å². The van der Waals surface area contributed by atoms with Crippen LogP contribution in [0.1, 0.15) is 93.9 Å². The van der Waals surface area contributed by atoms with Crippen LogP contribution in [0.25, 0.3) is 27.8 Å². The van der Waals surface area contributed by atoms with E-state index in [4.69, 9.17) is 0 Å². The molecular formula is C32H41N5O. The van der Waals surface area contributed by atoms with Crippen LogP contribution in [0.4, 0.5) is 0 Å². The first kappa shape index (κ1) is 25.3. The highest BCUT2D eigenvalue weighted by molar-refractivity contribution is 5.92. The average molecular weight is 512 g/mol. The number of benzene rings is 1. The van der Waals surface area contributed by atoms with Gasteiger partial charge in [-0.25, -0.2) is 0 Å². The lowest BCUT2D eigenvalue weighted by Gasteiger charge is -2.42. The normalized spacial score (nSPS) is 23.5. The molecule has 4 atom stereocenters. The lowest BCUT2D eigenvalue weighted by molar-refractivity contribution is -0.117. The van der Waals surface area contributed by atoms with Crippen molar-refractivity contribution in [1.29, 1.82) is 0 Å². The number of pyridine rings is 1. The highest BCUT2D eigenvalue weighted by Gasteiger charge is 2.43. The van der Waals surface area contributed by atoms with Gasteiger partial charge in [0.1, 0.15) is 12.6 Å². The zero-order chi connectivity index (χ0) is 26.8. The van der Waals surface area contributed by atoms with Gasteiger partial charge in [-0.3, -0.25) is 9.30 Å². The summed E-state index contributed by atoms with van der Waals surface area (Å²) in [4.78, 5) is 18.3. The highest BCUT2D eigenvalue weighted by Crippen LogP contribution is 2.46. The number of aryl methyl sites for hydroxylation is 1. The summed E-state index contributed by atoms with van der Waals surface area (Å²) in [6, 6.07) is 8.32. The predicted octanol–water partition coefficient (Wildman–Crippen LogP) is 6.94. The SMILES string of the molecule is CCC(C)(C=O)CN1[C@@H]2CC[C@H]1CC(c1ccc3[nH]c(-c4cn5cnnc5c(C)c4C)c(C(C)C)c3c1)C2. The number of hydrogen-bond acceptors (Lipinski definition) is 4. The lowest BCUT2D eigenvalue weighted by atomic mass is 9.81. The lowest BCUT2D eigenvalue weighted by Crippen LogP contribution is -2.47. The molecule has 6 rings (SSSR count). The highest BCUT2D eigenvalue weighted by atomic mass is 16.1. The van der Waals surface area contributed by atoms with Crippen LogP contribution in [-0.2, 0) is 4.79 Å². The number of rotatable bonds is 7. The van der Waals surface area contributed by atoms with Crippen molar-refractivity contribution in [1.82, 2.24) is 24.5 Å². The van der Waals surface area contributed by atoms with Gasteiger partial charge in [0.05, 0.1) is 5.69 Å². The van der Waals surface area contributed by atoms with E-state index in [1.54, 1.807) is 6.33 Å². The number of piperidine rings is 1. The molecule has 1 aromatic carbocycles. The summed E-state index contributed by atoms with van der Waals surface area (Å²) in [5.41, 5.74) is 9.61. The summed E-state index contributed by atoms with van der Waals surface area (Å²) < 4.78 is 2.04. The Labute approximate surface area is 225 Å². The summed E-state index contributed by atoms with van der Waals surface area (Å²) in [6.45, 7) is 14.1. The fourth-order valence-corrected chi connectivity index (χ4v) is 7.21. The van der Waals surface area contributed by atoms with E-state index in [9.17, 15) is 4.79 Å². The number of H-pyrrole nitrogens is 1. The van der Waals surface area contributed by atoms with Crippen LogP contribution in [0.2, 0.25) is 0 Å². The van der Waals surface area contributed by atoms with E-state index in [1.165, 1.54) is 76.4 Å². The van der Waals surface area contributed by atoms with Crippen molar-refractivity contribution < 1.29 is 4.79 Å². The summed E-state index contributed by atoms with van der Waals surface area (Å²) in [6.07, 6.45) is 11.0.